The van der Waals surface area contributed by atoms with E-state index in [2.05, 4.69) is 11.9 Å². The monoisotopic (exact) mass is 335 g/mol. The second kappa shape index (κ2) is 7.34. The van der Waals surface area contributed by atoms with Gasteiger partial charge in [0.1, 0.15) is 12.4 Å². The van der Waals surface area contributed by atoms with Gasteiger partial charge in [0.25, 0.3) is 5.91 Å². The first kappa shape index (κ1) is 16.4. The lowest BCUT2D eigenvalue weighted by molar-refractivity contribution is 0.102. The number of amides is 1. The van der Waals surface area contributed by atoms with Gasteiger partial charge in [-0.3, -0.25) is 4.79 Å². The minimum absolute atomic E-state index is 0.290. The van der Waals surface area contributed by atoms with Gasteiger partial charge in [0.2, 0.25) is 0 Å². The molecule has 0 fully saturated rings. The van der Waals surface area contributed by atoms with Crippen LogP contribution in [0, 0.1) is 0 Å². The highest BCUT2D eigenvalue weighted by Crippen LogP contribution is 2.22. The Bertz CT molecular complexity index is 693. The molecule has 5 heteroatoms. The predicted molar refractivity (Wildman–Crippen MR) is 91.2 cm³/mol. The Labute approximate surface area is 139 Å². The van der Waals surface area contributed by atoms with Gasteiger partial charge in [-0.25, -0.2) is 0 Å². The molecule has 114 valence electrons. The van der Waals surface area contributed by atoms with Gasteiger partial charge < -0.3 is 10.1 Å². The second-order valence-electron chi connectivity index (χ2n) is 4.89. The zero-order valence-corrected chi connectivity index (χ0v) is 13.5. The Morgan fingerprint density at radius 2 is 1.86 bits per heavy atom. The quantitative estimate of drug-likeness (QED) is 0.762. The molecule has 0 aliphatic rings. The summed E-state index contributed by atoms with van der Waals surface area (Å²) in [5, 5.41) is 3.61. The molecule has 0 saturated carbocycles. The van der Waals surface area contributed by atoms with Crippen molar-refractivity contribution in [3.05, 3.63) is 70.2 Å². The Kier molecular flexibility index (Phi) is 5.47. The molecule has 22 heavy (non-hydrogen) atoms. The molecule has 0 aliphatic heterocycles. The third kappa shape index (κ3) is 4.79. The molecule has 0 bridgehead atoms. The fourth-order valence-corrected chi connectivity index (χ4v) is 2.28. The van der Waals surface area contributed by atoms with Crippen LogP contribution >= 0.6 is 23.2 Å². The molecule has 2 aromatic carbocycles. The summed E-state index contributed by atoms with van der Waals surface area (Å²) in [7, 11) is 0. The van der Waals surface area contributed by atoms with E-state index in [1.165, 1.54) is 0 Å². The van der Waals surface area contributed by atoms with Gasteiger partial charge in [-0.1, -0.05) is 35.8 Å². The van der Waals surface area contributed by atoms with Crippen molar-refractivity contribution in [2.45, 2.75) is 6.92 Å². The van der Waals surface area contributed by atoms with Gasteiger partial charge in [-0.05, 0) is 42.8 Å². The first-order valence-electron chi connectivity index (χ1n) is 6.59. The van der Waals surface area contributed by atoms with Crippen LogP contribution in [0.15, 0.2) is 54.6 Å². The summed E-state index contributed by atoms with van der Waals surface area (Å²) in [4.78, 5) is 12.2. The fourth-order valence-electron chi connectivity index (χ4n) is 1.76. The molecule has 2 rings (SSSR count). The van der Waals surface area contributed by atoms with Crippen molar-refractivity contribution in [3.8, 4) is 5.75 Å². The van der Waals surface area contributed by atoms with Crippen LogP contribution in [0.4, 0.5) is 5.69 Å². The smallest absolute Gasteiger partial charge is 0.255 e. The molecular weight excluding hydrogens is 321 g/mol. The molecule has 3 nitrogen and oxygen atoms in total. The number of benzene rings is 2. The maximum Gasteiger partial charge on any atom is 0.255 e. The number of carbonyl (C=O) groups is 1. The number of halogens is 2. The highest BCUT2D eigenvalue weighted by molar-refractivity contribution is 6.35. The fraction of sp³-hybridized carbons (Fsp3) is 0.118. The molecule has 0 aromatic heterocycles. The summed E-state index contributed by atoms with van der Waals surface area (Å²) in [5.74, 6) is 0.367. The molecule has 0 unspecified atom stereocenters. The summed E-state index contributed by atoms with van der Waals surface area (Å²) in [6, 6.07) is 11.8. The zero-order chi connectivity index (χ0) is 16.1. The summed E-state index contributed by atoms with van der Waals surface area (Å²) >= 11 is 11.8. The largest absolute Gasteiger partial charge is 0.489 e. The van der Waals surface area contributed by atoms with Crippen LogP contribution in [0.2, 0.25) is 10.0 Å². The van der Waals surface area contributed by atoms with Crippen molar-refractivity contribution in [2.24, 2.45) is 0 Å². The molecular formula is C17H15Cl2NO2. The SMILES string of the molecule is C=C(C)COc1cccc(NC(=O)c2cc(Cl)cc(Cl)c2)c1. The van der Waals surface area contributed by atoms with Crippen LogP contribution in [0.3, 0.4) is 0 Å². The van der Waals surface area contributed by atoms with Crippen molar-refractivity contribution in [1.29, 1.82) is 0 Å². The lowest BCUT2D eigenvalue weighted by Crippen LogP contribution is -2.12. The van der Waals surface area contributed by atoms with Gasteiger partial charge in [0, 0.05) is 27.4 Å². The first-order valence-corrected chi connectivity index (χ1v) is 7.34. The Morgan fingerprint density at radius 1 is 1.18 bits per heavy atom. The number of hydrogen-bond acceptors (Lipinski definition) is 2. The number of nitrogens with one attached hydrogen (secondary N) is 1. The lowest BCUT2D eigenvalue weighted by atomic mass is 10.2. The lowest BCUT2D eigenvalue weighted by Gasteiger charge is -2.09. The van der Waals surface area contributed by atoms with Crippen LogP contribution in [-0.2, 0) is 0 Å². The summed E-state index contributed by atoms with van der Waals surface area (Å²) in [6.07, 6.45) is 0. The highest BCUT2D eigenvalue weighted by atomic mass is 35.5. The highest BCUT2D eigenvalue weighted by Gasteiger charge is 2.09. The van der Waals surface area contributed by atoms with Gasteiger partial charge in [-0.15, -0.1) is 0 Å². The van der Waals surface area contributed by atoms with E-state index in [9.17, 15) is 4.79 Å². The van der Waals surface area contributed by atoms with Gasteiger partial charge in [0.05, 0.1) is 0 Å². The van der Waals surface area contributed by atoms with Gasteiger partial charge >= 0.3 is 0 Å². The molecule has 0 saturated heterocycles. The van der Waals surface area contributed by atoms with E-state index < -0.39 is 0 Å². The van der Waals surface area contributed by atoms with Crippen LogP contribution in [-0.4, -0.2) is 12.5 Å². The van der Waals surface area contributed by atoms with E-state index >= 15 is 0 Å². The molecule has 0 heterocycles. The molecule has 0 spiro atoms. The minimum atomic E-state index is -0.290. The normalized spacial score (nSPS) is 10.1. The number of ether oxygens (including phenoxy) is 1. The van der Waals surface area contributed by atoms with E-state index in [4.69, 9.17) is 27.9 Å². The van der Waals surface area contributed by atoms with Crippen LogP contribution < -0.4 is 10.1 Å². The van der Waals surface area contributed by atoms with E-state index in [-0.39, 0.29) is 5.91 Å². The molecule has 0 aliphatic carbocycles. The third-order valence-electron chi connectivity index (χ3n) is 2.70. The number of carbonyl (C=O) groups excluding carboxylic acids is 1. The molecule has 0 atom stereocenters. The van der Waals surface area contributed by atoms with Crippen molar-refractivity contribution in [3.63, 3.8) is 0 Å². The van der Waals surface area contributed by atoms with Gasteiger partial charge in [0.15, 0.2) is 0 Å². The summed E-state index contributed by atoms with van der Waals surface area (Å²) in [6.45, 7) is 6.09. The van der Waals surface area contributed by atoms with E-state index in [1.54, 1.807) is 36.4 Å². The zero-order valence-electron chi connectivity index (χ0n) is 12.0. The van der Waals surface area contributed by atoms with Crippen molar-refractivity contribution in [2.75, 3.05) is 11.9 Å². The van der Waals surface area contributed by atoms with Crippen LogP contribution in [0.5, 0.6) is 5.75 Å². The Hall–Kier alpha value is -1.97. The summed E-state index contributed by atoms with van der Waals surface area (Å²) < 4.78 is 5.54. The predicted octanol–water partition coefficient (Wildman–Crippen LogP) is 5.20. The second-order valence-corrected chi connectivity index (χ2v) is 5.76. The standard InChI is InChI=1S/C17H15Cl2NO2/c1-11(2)10-22-16-5-3-4-15(9-16)20-17(21)12-6-13(18)8-14(19)7-12/h3-9H,1,10H2,2H3,(H,20,21). The van der Waals surface area contributed by atoms with Crippen LogP contribution in [0.1, 0.15) is 17.3 Å². The molecule has 1 amide bonds. The summed E-state index contributed by atoms with van der Waals surface area (Å²) in [5.41, 5.74) is 1.94. The number of hydrogen-bond donors (Lipinski definition) is 1. The number of anilines is 1. The van der Waals surface area contributed by atoms with E-state index in [0.29, 0.717) is 33.7 Å². The van der Waals surface area contributed by atoms with Crippen molar-refractivity contribution < 1.29 is 9.53 Å². The van der Waals surface area contributed by atoms with Crippen molar-refractivity contribution >= 4 is 34.8 Å². The maximum absolute atomic E-state index is 12.2. The van der Waals surface area contributed by atoms with Gasteiger partial charge in [-0.2, -0.15) is 0 Å². The average Bonchev–Trinajstić information content (AvgIpc) is 2.44. The third-order valence-corrected chi connectivity index (χ3v) is 3.14. The van der Waals surface area contributed by atoms with Crippen molar-refractivity contribution in [1.82, 2.24) is 0 Å². The maximum atomic E-state index is 12.2. The average molecular weight is 336 g/mol. The molecule has 1 N–H and O–H groups in total. The topological polar surface area (TPSA) is 38.3 Å². The van der Waals surface area contributed by atoms with E-state index in [0.717, 1.165) is 5.57 Å². The Balaban J connectivity index is 2.11. The molecule has 0 radical (unpaired) electrons. The Morgan fingerprint density at radius 3 is 2.50 bits per heavy atom. The molecule has 2 aromatic rings. The minimum Gasteiger partial charge on any atom is -0.489 e. The van der Waals surface area contributed by atoms with Crippen LogP contribution in [0.25, 0.3) is 0 Å². The first-order chi connectivity index (χ1) is 10.4. The van der Waals surface area contributed by atoms with E-state index in [1.807, 2.05) is 13.0 Å². The number of rotatable bonds is 5.